The van der Waals surface area contributed by atoms with Crippen LogP contribution in [0, 0.1) is 0 Å². The smallest absolute Gasteiger partial charge is 0.203 e. The van der Waals surface area contributed by atoms with Crippen molar-refractivity contribution in [1.29, 1.82) is 0 Å². The second-order valence-corrected chi connectivity index (χ2v) is 6.93. The predicted octanol–water partition coefficient (Wildman–Crippen LogP) is 3.70. The predicted molar refractivity (Wildman–Crippen MR) is 123 cm³/mol. The minimum absolute atomic E-state index is 0.130. The van der Waals surface area contributed by atoms with Crippen LogP contribution in [0.2, 0.25) is 0 Å². The Morgan fingerprint density at radius 1 is 0.935 bits per heavy atom. The maximum Gasteiger partial charge on any atom is 0.203 e. The number of hydrogen-bond donors (Lipinski definition) is 2. The average molecular weight is 432 g/mol. The molecule has 8 nitrogen and oxygen atoms in total. The monoisotopic (exact) mass is 431 g/mol. The van der Waals surface area contributed by atoms with Crippen LogP contribution >= 0.6 is 0 Å². The zero-order valence-electron chi connectivity index (χ0n) is 19.2. The molecule has 0 radical (unpaired) electrons. The number of aliphatic imine (C=N–C) groups is 1. The van der Waals surface area contributed by atoms with Crippen molar-refractivity contribution < 1.29 is 23.7 Å². The van der Waals surface area contributed by atoms with Crippen LogP contribution in [0.3, 0.4) is 0 Å². The molecule has 0 aliphatic carbocycles. The largest absolute Gasteiger partial charge is 0.493 e. The number of rotatable bonds is 11. The highest BCUT2D eigenvalue weighted by Gasteiger charge is 2.13. The SMILES string of the molecule is COCCNC(=NCc1cc(OC)c(OC)c(OC)c1)Nc1ccc(OC(C)C)cc1. The molecule has 0 saturated carbocycles. The third-order valence-electron chi connectivity index (χ3n) is 4.23. The number of guanidine groups is 1. The van der Waals surface area contributed by atoms with E-state index in [9.17, 15) is 0 Å². The van der Waals surface area contributed by atoms with Crippen LogP contribution < -0.4 is 29.6 Å². The number of anilines is 1. The molecule has 2 rings (SSSR count). The topological polar surface area (TPSA) is 82.6 Å². The summed E-state index contributed by atoms with van der Waals surface area (Å²) in [6.07, 6.45) is 0.130. The van der Waals surface area contributed by atoms with Gasteiger partial charge in [-0.05, 0) is 55.8 Å². The lowest BCUT2D eigenvalue weighted by Crippen LogP contribution is -2.33. The van der Waals surface area contributed by atoms with Gasteiger partial charge >= 0.3 is 0 Å². The molecule has 2 aromatic rings. The normalized spacial score (nSPS) is 11.3. The van der Waals surface area contributed by atoms with Gasteiger partial charge in [0.25, 0.3) is 0 Å². The van der Waals surface area contributed by atoms with Crippen molar-refractivity contribution in [2.24, 2.45) is 4.99 Å². The summed E-state index contributed by atoms with van der Waals surface area (Å²) in [5.74, 6) is 3.19. The molecule has 2 aromatic carbocycles. The summed E-state index contributed by atoms with van der Waals surface area (Å²) in [7, 11) is 6.43. The van der Waals surface area contributed by atoms with Crippen molar-refractivity contribution in [1.82, 2.24) is 5.32 Å². The van der Waals surface area contributed by atoms with Crippen LogP contribution in [0.25, 0.3) is 0 Å². The van der Waals surface area contributed by atoms with Gasteiger partial charge in [-0.1, -0.05) is 0 Å². The zero-order valence-corrected chi connectivity index (χ0v) is 19.2. The van der Waals surface area contributed by atoms with Gasteiger partial charge in [0.2, 0.25) is 5.75 Å². The second kappa shape index (κ2) is 12.5. The quantitative estimate of drug-likeness (QED) is 0.319. The van der Waals surface area contributed by atoms with Crippen molar-refractivity contribution in [2.45, 2.75) is 26.5 Å². The van der Waals surface area contributed by atoms with Crippen LogP contribution in [-0.4, -0.2) is 53.7 Å². The molecule has 0 amide bonds. The first-order chi connectivity index (χ1) is 15.0. The summed E-state index contributed by atoms with van der Waals surface area (Å²) in [5.41, 5.74) is 1.81. The molecular formula is C23H33N3O5. The highest BCUT2D eigenvalue weighted by atomic mass is 16.5. The highest BCUT2D eigenvalue weighted by Crippen LogP contribution is 2.38. The van der Waals surface area contributed by atoms with Crippen molar-refractivity contribution >= 4 is 11.6 Å². The Kier molecular flexibility index (Phi) is 9.77. The summed E-state index contributed by atoms with van der Waals surface area (Å²) in [5, 5.41) is 6.57. The number of methoxy groups -OCH3 is 4. The molecule has 0 fully saturated rings. The Labute approximate surface area is 184 Å². The summed E-state index contributed by atoms with van der Waals surface area (Å²) >= 11 is 0. The third-order valence-corrected chi connectivity index (χ3v) is 4.23. The molecule has 0 atom stereocenters. The van der Waals surface area contributed by atoms with Crippen molar-refractivity contribution in [2.75, 3.05) is 46.9 Å². The number of nitrogens with one attached hydrogen (secondary N) is 2. The zero-order chi connectivity index (χ0) is 22.6. The third kappa shape index (κ3) is 7.57. The number of hydrogen-bond acceptors (Lipinski definition) is 6. The van der Waals surface area contributed by atoms with E-state index in [4.69, 9.17) is 28.7 Å². The van der Waals surface area contributed by atoms with Gasteiger partial charge in [-0.2, -0.15) is 0 Å². The minimum Gasteiger partial charge on any atom is -0.493 e. The number of benzene rings is 2. The molecule has 0 unspecified atom stereocenters. The van der Waals surface area contributed by atoms with Gasteiger partial charge in [-0.15, -0.1) is 0 Å². The maximum absolute atomic E-state index is 5.70. The molecular weight excluding hydrogens is 398 g/mol. The van der Waals surface area contributed by atoms with Gasteiger partial charge in [-0.3, -0.25) is 0 Å². The van der Waals surface area contributed by atoms with E-state index >= 15 is 0 Å². The minimum atomic E-state index is 0.130. The van der Waals surface area contributed by atoms with E-state index in [0.29, 0.717) is 42.9 Å². The fraction of sp³-hybridized carbons (Fsp3) is 0.435. The molecule has 0 spiro atoms. The number of nitrogens with zero attached hydrogens (tertiary/aromatic N) is 1. The fourth-order valence-electron chi connectivity index (χ4n) is 2.83. The molecule has 8 heteroatoms. The van der Waals surface area contributed by atoms with E-state index in [2.05, 4.69) is 10.6 Å². The summed E-state index contributed by atoms with van der Waals surface area (Å²) < 4.78 is 27.1. The average Bonchev–Trinajstić information content (AvgIpc) is 2.77. The molecule has 0 aliphatic heterocycles. The van der Waals surface area contributed by atoms with Gasteiger partial charge in [0.1, 0.15) is 5.75 Å². The van der Waals surface area contributed by atoms with Crippen LogP contribution in [0.1, 0.15) is 19.4 Å². The van der Waals surface area contributed by atoms with Crippen molar-refractivity contribution in [3.8, 4) is 23.0 Å². The Morgan fingerprint density at radius 2 is 1.58 bits per heavy atom. The van der Waals surface area contributed by atoms with Gasteiger partial charge in [0, 0.05) is 19.3 Å². The molecule has 0 saturated heterocycles. The first kappa shape index (κ1) is 24.1. The summed E-state index contributed by atoms with van der Waals surface area (Å²) in [4.78, 5) is 4.69. The summed E-state index contributed by atoms with van der Waals surface area (Å²) in [6.45, 7) is 5.59. The maximum atomic E-state index is 5.70. The van der Waals surface area contributed by atoms with Gasteiger partial charge in [0.15, 0.2) is 17.5 Å². The Bertz CT molecular complexity index is 813. The fourth-order valence-corrected chi connectivity index (χ4v) is 2.83. The van der Waals surface area contributed by atoms with Crippen LogP contribution in [0.15, 0.2) is 41.4 Å². The van der Waals surface area contributed by atoms with Gasteiger partial charge < -0.3 is 34.3 Å². The first-order valence-electron chi connectivity index (χ1n) is 10.1. The van der Waals surface area contributed by atoms with E-state index in [0.717, 1.165) is 17.0 Å². The molecule has 170 valence electrons. The Balaban J connectivity index is 2.19. The van der Waals surface area contributed by atoms with Crippen LogP contribution in [0.5, 0.6) is 23.0 Å². The lowest BCUT2D eigenvalue weighted by Gasteiger charge is -2.15. The molecule has 31 heavy (non-hydrogen) atoms. The van der Waals surface area contributed by atoms with E-state index in [1.807, 2.05) is 50.2 Å². The second-order valence-electron chi connectivity index (χ2n) is 6.93. The Hall–Kier alpha value is -3.13. The first-order valence-corrected chi connectivity index (χ1v) is 10.1. The van der Waals surface area contributed by atoms with Gasteiger partial charge in [0.05, 0.1) is 40.6 Å². The van der Waals surface area contributed by atoms with Crippen LogP contribution in [0.4, 0.5) is 5.69 Å². The summed E-state index contributed by atoms with van der Waals surface area (Å²) in [6, 6.07) is 11.5. The van der Waals surface area contributed by atoms with Gasteiger partial charge in [-0.25, -0.2) is 4.99 Å². The van der Waals surface area contributed by atoms with Crippen LogP contribution in [-0.2, 0) is 11.3 Å². The molecule has 0 heterocycles. The number of ether oxygens (including phenoxy) is 5. The lowest BCUT2D eigenvalue weighted by molar-refractivity contribution is 0.204. The van der Waals surface area contributed by atoms with E-state index < -0.39 is 0 Å². The van der Waals surface area contributed by atoms with E-state index in [1.54, 1.807) is 28.4 Å². The highest BCUT2D eigenvalue weighted by molar-refractivity contribution is 5.93. The molecule has 0 bridgehead atoms. The molecule has 2 N–H and O–H groups in total. The van der Waals surface area contributed by atoms with E-state index in [1.165, 1.54) is 0 Å². The molecule has 0 aliphatic rings. The van der Waals surface area contributed by atoms with Crippen molar-refractivity contribution in [3.05, 3.63) is 42.0 Å². The standard InChI is InChI=1S/C23H33N3O5/c1-16(2)31-19-9-7-18(8-10-19)26-23(24-11-12-27-3)25-15-17-13-20(28-4)22(30-6)21(14-17)29-5/h7-10,13-14,16H,11-12,15H2,1-6H3,(H2,24,25,26). The Morgan fingerprint density at radius 3 is 2.10 bits per heavy atom. The van der Waals surface area contributed by atoms with Crippen molar-refractivity contribution in [3.63, 3.8) is 0 Å². The lowest BCUT2D eigenvalue weighted by atomic mass is 10.2. The van der Waals surface area contributed by atoms with E-state index in [-0.39, 0.29) is 6.10 Å². The molecule has 0 aromatic heterocycles.